The van der Waals surface area contributed by atoms with Crippen molar-refractivity contribution in [2.24, 2.45) is 5.92 Å². The third-order valence-electron chi connectivity index (χ3n) is 4.07. The molecule has 2 rings (SSSR count). The molecule has 0 amide bonds. The molecule has 1 N–H and O–H groups in total. The monoisotopic (exact) mass is 240 g/mol. The van der Waals surface area contributed by atoms with Crippen LogP contribution in [-0.2, 0) is 4.74 Å². The van der Waals surface area contributed by atoms with Crippen molar-refractivity contribution in [1.82, 2.24) is 10.2 Å². The van der Waals surface area contributed by atoms with Crippen molar-refractivity contribution in [2.75, 3.05) is 32.8 Å². The molecule has 17 heavy (non-hydrogen) atoms. The van der Waals surface area contributed by atoms with Crippen LogP contribution in [0.4, 0.5) is 0 Å². The lowest BCUT2D eigenvalue weighted by Gasteiger charge is -2.45. The van der Waals surface area contributed by atoms with Crippen molar-refractivity contribution in [2.45, 2.75) is 51.6 Å². The highest BCUT2D eigenvalue weighted by Gasteiger charge is 2.33. The van der Waals surface area contributed by atoms with Crippen molar-refractivity contribution >= 4 is 0 Å². The van der Waals surface area contributed by atoms with Gasteiger partial charge in [0.2, 0.25) is 0 Å². The van der Waals surface area contributed by atoms with Gasteiger partial charge >= 0.3 is 0 Å². The molecule has 0 aromatic carbocycles. The Morgan fingerprint density at radius 3 is 2.88 bits per heavy atom. The van der Waals surface area contributed by atoms with Gasteiger partial charge in [-0.2, -0.15) is 0 Å². The van der Waals surface area contributed by atoms with Gasteiger partial charge in [0.05, 0.1) is 6.61 Å². The van der Waals surface area contributed by atoms with Crippen LogP contribution >= 0.6 is 0 Å². The van der Waals surface area contributed by atoms with Gasteiger partial charge in [-0.3, -0.25) is 4.90 Å². The molecular weight excluding hydrogens is 212 g/mol. The minimum atomic E-state index is 0.268. The molecule has 0 bridgehead atoms. The highest BCUT2D eigenvalue weighted by atomic mass is 16.5. The van der Waals surface area contributed by atoms with Crippen molar-refractivity contribution < 1.29 is 4.74 Å². The SMILES string of the molecule is CCCC1CNC(C)(C)CN1CC1CCOC1. The Kier molecular flexibility index (Phi) is 4.45. The molecule has 2 fully saturated rings. The van der Waals surface area contributed by atoms with E-state index in [9.17, 15) is 0 Å². The summed E-state index contributed by atoms with van der Waals surface area (Å²) in [5.74, 6) is 0.767. The highest BCUT2D eigenvalue weighted by Crippen LogP contribution is 2.22. The molecule has 100 valence electrons. The van der Waals surface area contributed by atoms with Crippen LogP contribution in [0.15, 0.2) is 0 Å². The maximum Gasteiger partial charge on any atom is 0.0507 e. The predicted octanol–water partition coefficient (Wildman–Crippen LogP) is 1.88. The Morgan fingerprint density at radius 2 is 2.24 bits per heavy atom. The molecule has 0 saturated carbocycles. The summed E-state index contributed by atoms with van der Waals surface area (Å²) in [6.07, 6.45) is 3.85. The Labute approximate surface area is 106 Å². The van der Waals surface area contributed by atoms with Crippen molar-refractivity contribution in [1.29, 1.82) is 0 Å². The predicted molar refractivity (Wildman–Crippen MR) is 71.3 cm³/mol. The first kappa shape index (κ1) is 13.3. The molecule has 0 radical (unpaired) electrons. The first-order valence-electron chi connectivity index (χ1n) is 7.17. The fourth-order valence-electron chi connectivity index (χ4n) is 3.11. The molecule has 3 heteroatoms. The minimum Gasteiger partial charge on any atom is -0.381 e. The Bertz CT molecular complexity index is 236. The van der Waals surface area contributed by atoms with E-state index >= 15 is 0 Å². The lowest BCUT2D eigenvalue weighted by Crippen LogP contribution is -2.62. The second kappa shape index (κ2) is 5.68. The fourth-order valence-corrected chi connectivity index (χ4v) is 3.11. The zero-order valence-electron chi connectivity index (χ0n) is 11.7. The first-order chi connectivity index (χ1) is 8.11. The van der Waals surface area contributed by atoms with Crippen molar-refractivity contribution in [3.05, 3.63) is 0 Å². The fraction of sp³-hybridized carbons (Fsp3) is 1.00. The number of ether oxygens (including phenoxy) is 1. The summed E-state index contributed by atoms with van der Waals surface area (Å²) >= 11 is 0. The molecule has 0 aromatic rings. The molecule has 2 atom stereocenters. The molecule has 0 aliphatic carbocycles. The summed E-state index contributed by atoms with van der Waals surface area (Å²) in [4.78, 5) is 2.71. The third-order valence-corrected chi connectivity index (χ3v) is 4.07. The van der Waals surface area contributed by atoms with E-state index in [0.717, 1.165) is 31.7 Å². The maximum absolute atomic E-state index is 5.50. The quantitative estimate of drug-likeness (QED) is 0.812. The normalized spacial score (nSPS) is 34.1. The highest BCUT2D eigenvalue weighted by molar-refractivity contribution is 4.92. The molecule has 3 nitrogen and oxygen atoms in total. The van der Waals surface area contributed by atoms with E-state index in [-0.39, 0.29) is 5.54 Å². The van der Waals surface area contributed by atoms with Gasteiger partial charge in [0.15, 0.2) is 0 Å². The van der Waals surface area contributed by atoms with Crippen molar-refractivity contribution in [3.63, 3.8) is 0 Å². The zero-order chi connectivity index (χ0) is 12.3. The number of hydrogen-bond acceptors (Lipinski definition) is 3. The first-order valence-corrected chi connectivity index (χ1v) is 7.17. The topological polar surface area (TPSA) is 24.5 Å². The molecule has 2 unspecified atom stereocenters. The lowest BCUT2D eigenvalue weighted by molar-refractivity contribution is 0.0701. The van der Waals surface area contributed by atoms with Gasteiger partial charge in [-0.25, -0.2) is 0 Å². The summed E-state index contributed by atoms with van der Waals surface area (Å²) in [7, 11) is 0. The third kappa shape index (κ3) is 3.67. The number of nitrogens with one attached hydrogen (secondary N) is 1. The molecular formula is C14H28N2O. The van der Waals surface area contributed by atoms with E-state index in [1.165, 1.54) is 32.4 Å². The number of piperazine rings is 1. The van der Waals surface area contributed by atoms with E-state index in [0.29, 0.717) is 0 Å². The van der Waals surface area contributed by atoms with Crippen LogP contribution in [-0.4, -0.2) is 49.3 Å². The van der Waals surface area contributed by atoms with E-state index < -0.39 is 0 Å². The van der Waals surface area contributed by atoms with Crippen LogP contribution in [0.2, 0.25) is 0 Å². The Hall–Kier alpha value is -0.120. The summed E-state index contributed by atoms with van der Waals surface area (Å²) in [5, 5.41) is 3.68. The van der Waals surface area contributed by atoms with Gasteiger partial charge in [0, 0.05) is 37.8 Å². The summed E-state index contributed by atoms with van der Waals surface area (Å²) in [6.45, 7) is 12.4. The molecule has 0 aromatic heterocycles. The van der Waals surface area contributed by atoms with E-state index in [2.05, 4.69) is 31.0 Å². The Morgan fingerprint density at radius 1 is 1.41 bits per heavy atom. The van der Waals surface area contributed by atoms with Gasteiger partial charge in [-0.1, -0.05) is 13.3 Å². The van der Waals surface area contributed by atoms with Crippen LogP contribution in [0, 0.1) is 5.92 Å². The standard InChI is InChI=1S/C14H28N2O/c1-4-5-13-8-15-14(2,3)11-16(13)9-12-6-7-17-10-12/h12-13,15H,4-11H2,1-3H3. The second-order valence-electron chi connectivity index (χ2n) is 6.37. The molecule has 2 aliphatic rings. The van der Waals surface area contributed by atoms with Gasteiger partial charge in [0.1, 0.15) is 0 Å². The molecule has 2 heterocycles. The van der Waals surface area contributed by atoms with Gasteiger partial charge in [0.25, 0.3) is 0 Å². The van der Waals surface area contributed by atoms with E-state index in [1.54, 1.807) is 0 Å². The second-order valence-corrected chi connectivity index (χ2v) is 6.37. The smallest absolute Gasteiger partial charge is 0.0507 e. The van der Waals surface area contributed by atoms with Crippen LogP contribution in [0.1, 0.15) is 40.0 Å². The average Bonchev–Trinajstić information content (AvgIpc) is 2.74. The van der Waals surface area contributed by atoms with Crippen LogP contribution in [0.25, 0.3) is 0 Å². The summed E-state index contributed by atoms with van der Waals surface area (Å²) in [6, 6.07) is 0.730. The zero-order valence-corrected chi connectivity index (χ0v) is 11.7. The molecule has 2 aliphatic heterocycles. The number of nitrogens with zero attached hydrogens (tertiary/aromatic N) is 1. The number of hydrogen-bond donors (Lipinski definition) is 1. The number of rotatable bonds is 4. The van der Waals surface area contributed by atoms with Crippen LogP contribution in [0.5, 0.6) is 0 Å². The Balaban J connectivity index is 1.92. The van der Waals surface area contributed by atoms with E-state index in [1.807, 2.05) is 0 Å². The van der Waals surface area contributed by atoms with Crippen LogP contribution < -0.4 is 5.32 Å². The lowest BCUT2D eigenvalue weighted by atomic mass is 9.95. The average molecular weight is 240 g/mol. The van der Waals surface area contributed by atoms with Gasteiger partial charge < -0.3 is 10.1 Å². The van der Waals surface area contributed by atoms with Crippen LogP contribution in [0.3, 0.4) is 0 Å². The van der Waals surface area contributed by atoms with E-state index in [4.69, 9.17) is 4.74 Å². The molecule has 2 saturated heterocycles. The molecule has 0 spiro atoms. The largest absolute Gasteiger partial charge is 0.381 e. The minimum absolute atomic E-state index is 0.268. The van der Waals surface area contributed by atoms with Gasteiger partial charge in [-0.05, 0) is 32.6 Å². The summed E-state index contributed by atoms with van der Waals surface area (Å²) in [5.41, 5.74) is 0.268. The van der Waals surface area contributed by atoms with Gasteiger partial charge in [-0.15, -0.1) is 0 Å². The summed E-state index contributed by atoms with van der Waals surface area (Å²) < 4.78 is 5.50. The van der Waals surface area contributed by atoms with Crippen molar-refractivity contribution in [3.8, 4) is 0 Å². The maximum atomic E-state index is 5.50.